The van der Waals surface area contributed by atoms with E-state index in [2.05, 4.69) is 14.8 Å². The summed E-state index contributed by atoms with van der Waals surface area (Å²) in [5.41, 5.74) is 1.21. The summed E-state index contributed by atoms with van der Waals surface area (Å²) >= 11 is 1.54. The van der Waals surface area contributed by atoms with Crippen LogP contribution >= 0.6 is 11.3 Å². The van der Waals surface area contributed by atoms with Crippen molar-refractivity contribution in [2.45, 2.75) is 38.1 Å². The number of hydrogen-bond acceptors (Lipinski definition) is 6. The lowest BCUT2D eigenvalue weighted by Crippen LogP contribution is -2.49. The zero-order valence-electron chi connectivity index (χ0n) is 17.0. The van der Waals surface area contributed by atoms with Crippen molar-refractivity contribution < 1.29 is 9.59 Å². The first-order valence-corrected chi connectivity index (χ1v) is 11.7. The minimum absolute atomic E-state index is 0.0426. The van der Waals surface area contributed by atoms with E-state index < -0.39 is 0 Å². The molecule has 5 rings (SSSR count). The molecular weight excluding hydrogens is 396 g/mol. The molecule has 2 aliphatic heterocycles. The van der Waals surface area contributed by atoms with E-state index in [4.69, 9.17) is 0 Å². The fourth-order valence-electron chi connectivity index (χ4n) is 4.84. The molecule has 4 heterocycles. The number of imide groups is 1. The van der Waals surface area contributed by atoms with Crippen LogP contribution in [-0.2, 0) is 9.59 Å². The largest absolute Gasteiger partial charge is 0.363 e. The van der Waals surface area contributed by atoms with Gasteiger partial charge in [-0.15, -0.1) is 11.3 Å². The van der Waals surface area contributed by atoms with Crippen LogP contribution in [0.3, 0.4) is 0 Å². The zero-order chi connectivity index (χ0) is 20.5. The van der Waals surface area contributed by atoms with E-state index in [0.29, 0.717) is 24.4 Å². The highest BCUT2D eigenvalue weighted by Gasteiger charge is 2.45. The Morgan fingerprint density at radius 2 is 1.63 bits per heavy atom. The average Bonchev–Trinajstić information content (AvgIpc) is 3.41. The van der Waals surface area contributed by atoms with Crippen molar-refractivity contribution in [3.63, 3.8) is 0 Å². The molecule has 0 spiro atoms. The fraction of sp³-hybridized carbons (Fsp3) is 0.435. The van der Waals surface area contributed by atoms with Gasteiger partial charge in [-0.3, -0.25) is 14.5 Å². The molecule has 0 bridgehead atoms. The Balaban J connectivity index is 1.42. The van der Waals surface area contributed by atoms with Gasteiger partial charge in [-0.25, -0.2) is 4.98 Å². The molecule has 3 aliphatic rings. The number of pyridine rings is 1. The van der Waals surface area contributed by atoms with Crippen molar-refractivity contribution in [3.8, 4) is 0 Å². The van der Waals surface area contributed by atoms with Crippen molar-refractivity contribution >= 4 is 34.5 Å². The third-order valence-electron chi connectivity index (χ3n) is 6.37. The lowest BCUT2D eigenvalue weighted by Gasteiger charge is -2.37. The first kappa shape index (κ1) is 19.3. The highest BCUT2D eigenvalue weighted by atomic mass is 32.1. The number of amides is 2. The maximum Gasteiger partial charge on any atom is 0.278 e. The summed E-state index contributed by atoms with van der Waals surface area (Å²) in [5, 5.41) is 1.97. The summed E-state index contributed by atoms with van der Waals surface area (Å²) in [6.07, 6.45) is 7.04. The maximum atomic E-state index is 13.6. The third kappa shape index (κ3) is 3.41. The van der Waals surface area contributed by atoms with Gasteiger partial charge in [0, 0.05) is 43.3 Å². The molecule has 0 atom stereocenters. The van der Waals surface area contributed by atoms with Crippen molar-refractivity contribution in [3.05, 3.63) is 52.5 Å². The van der Waals surface area contributed by atoms with Crippen LogP contribution in [0, 0.1) is 0 Å². The van der Waals surface area contributed by atoms with Crippen LogP contribution in [0.4, 0.5) is 5.82 Å². The van der Waals surface area contributed by atoms with E-state index in [0.717, 1.165) is 49.5 Å². The maximum absolute atomic E-state index is 13.6. The smallest absolute Gasteiger partial charge is 0.278 e. The molecule has 0 unspecified atom stereocenters. The quantitative estimate of drug-likeness (QED) is 0.707. The zero-order valence-corrected chi connectivity index (χ0v) is 17.8. The van der Waals surface area contributed by atoms with Gasteiger partial charge in [0.2, 0.25) is 0 Å². The highest BCUT2D eigenvalue weighted by Crippen LogP contribution is 2.37. The Morgan fingerprint density at radius 3 is 2.30 bits per heavy atom. The van der Waals surface area contributed by atoms with Crippen LogP contribution in [0.5, 0.6) is 0 Å². The molecule has 30 heavy (non-hydrogen) atoms. The number of anilines is 1. The van der Waals surface area contributed by atoms with Crippen LogP contribution in [0.1, 0.15) is 37.0 Å². The number of nitrogens with zero attached hydrogens (tertiary/aromatic N) is 4. The molecule has 1 saturated heterocycles. The molecule has 2 aromatic heterocycles. The normalized spacial score (nSPS) is 21.1. The first-order chi connectivity index (χ1) is 14.7. The van der Waals surface area contributed by atoms with Crippen molar-refractivity contribution in [2.24, 2.45) is 0 Å². The second kappa shape index (κ2) is 8.22. The van der Waals surface area contributed by atoms with E-state index in [1.54, 1.807) is 11.1 Å². The van der Waals surface area contributed by atoms with E-state index in [1.165, 1.54) is 17.8 Å². The van der Waals surface area contributed by atoms with Gasteiger partial charge in [-0.05, 0) is 36.4 Å². The van der Waals surface area contributed by atoms with Gasteiger partial charge < -0.3 is 9.80 Å². The molecule has 1 aliphatic carbocycles. The highest BCUT2D eigenvalue weighted by molar-refractivity contribution is 7.11. The summed E-state index contributed by atoms with van der Waals surface area (Å²) in [4.78, 5) is 38.3. The van der Waals surface area contributed by atoms with Gasteiger partial charge in [0.05, 0.1) is 5.57 Å². The predicted molar refractivity (Wildman–Crippen MR) is 118 cm³/mol. The number of piperazine rings is 1. The topological polar surface area (TPSA) is 56.8 Å². The van der Waals surface area contributed by atoms with Gasteiger partial charge in [-0.2, -0.15) is 0 Å². The fourth-order valence-corrected chi connectivity index (χ4v) is 5.60. The van der Waals surface area contributed by atoms with Gasteiger partial charge in [0.25, 0.3) is 11.8 Å². The number of aromatic nitrogens is 1. The van der Waals surface area contributed by atoms with Gasteiger partial charge in [-0.1, -0.05) is 31.4 Å². The van der Waals surface area contributed by atoms with E-state index in [9.17, 15) is 9.59 Å². The summed E-state index contributed by atoms with van der Waals surface area (Å²) < 4.78 is 0. The van der Waals surface area contributed by atoms with Crippen molar-refractivity contribution in [1.82, 2.24) is 14.8 Å². The minimum Gasteiger partial charge on any atom is -0.363 e. The Kier molecular flexibility index (Phi) is 5.29. The number of carbonyl (C=O) groups excluding carboxylic acids is 2. The number of rotatable bonds is 4. The summed E-state index contributed by atoms with van der Waals surface area (Å²) in [6.45, 7) is 2.98. The molecule has 0 aromatic carbocycles. The van der Waals surface area contributed by atoms with Gasteiger partial charge in [0.1, 0.15) is 11.5 Å². The van der Waals surface area contributed by atoms with Crippen molar-refractivity contribution in [1.29, 1.82) is 0 Å². The molecule has 7 heteroatoms. The van der Waals surface area contributed by atoms with Crippen LogP contribution in [-0.4, -0.2) is 58.8 Å². The van der Waals surface area contributed by atoms with Crippen LogP contribution < -0.4 is 4.90 Å². The molecular formula is C23H26N4O2S. The third-order valence-corrected chi connectivity index (χ3v) is 7.25. The van der Waals surface area contributed by atoms with E-state index in [1.807, 2.05) is 35.7 Å². The molecule has 156 valence electrons. The standard InChI is InChI=1S/C23H26N4O2S/c28-22-20(18-9-6-16-30-18)21(23(29)27(22)17-7-2-1-3-8-17)26-14-12-25(13-15-26)19-10-4-5-11-24-19/h4-6,9-11,16-17H,1-3,7-8,12-15H2. The number of carbonyl (C=O) groups is 2. The molecule has 2 aromatic rings. The number of thiophene rings is 1. The van der Waals surface area contributed by atoms with Crippen LogP contribution in [0.2, 0.25) is 0 Å². The van der Waals surface area contributed by atoms with Crippen molar-refractivity contribution in [2.75, 3.05) is 31.1 Å². The minimum atomic E-state index is -0.100. The lowest BCUT2D eigenvalue weighted by molar-refractivity contribution is -0.141. The first-order valence-electron chi connectivity index (χ1n) is 10.8. The monoisotopic (exact) mass is 422 g/mol. The molecule has 0 radical (unpaired) electrons. The Bertz CT molecular complexity index is 943. The molecule has 1 saturated carbocycles. The van der Waals surface area contributed by atoms with E-state index in [-0.39, 0.29) is 17.9 Å². The molecule has 2 fully saturated rings. The Morgan fingerprint density at radius 1 is 0.867 bits per heavy atom. The summed E-state index contributed by atoms with van der Waals surface area (Å²) in [6, 6.07) is 9.88. The number of hydrogen-bond donors (Lipinski definition) is 0. The van der Waals surface area contributed by atoms with Crippen LogP contribution in [0.25, 0.3) is 5.57 Å². The second-order valence-corrected chi connectivity index (χ2v) is 9.08. The predicted octanol–water partition coefficient (Wildman–Crippen LogP) is 3.38. The second-order valence-electron chi connectivity index (χ2n) is 8.14. The average molecular weight is 423 g/mol. The van der Waals surface area contributed by atoms with Crippen LogP contribution in [0.15, 0.2) is 47.6 Å². The SMILES string of the molecule is O=C1C(c2cccs2)=C(N2CCN(c3ccccn3)CC2)C(=O)N1C1CCCCC1. The van der Waals surface area contributed by atoms with Gasteiger partial charge in [0.15, 0.2) is 0 Å². The van der Waals surface area contributed by atoms with Gasteiger partial charge >= 0.3 is 0 Å². The summed E-state index contributed by atoms with van der Waals surface area (Å²) in [7, 11) is 0. The summed E-state index contributed by atoms with van der Waals surface area (Å²) in [5.74, 6) is 0.764. The Labute approximate surface area is 180 Å². The molecule has 6 nitrogen and oxygen atoms in total. The Hall–Kier alpha value is -2.67. The van der Waals surface area contributed by atoms with E-state index >= 15 is 0 Å². The lowest BCUT2D eigenvalue weighted by atomic mass is 9.94. The molecule has 2 amide bonds. The molecule has 0 N–H and O–H groups in total.